The Kier molecular flexibility index (Phi) is 6.25. The lowest BCUT2D eigenvalue weighted by molar-refractivity contribution is -0.118. The van der Waals surface area contributed by atoms with Gasteiger partial charge in [0.1, 0.15) is 0 Å². The number of H-pyrrole nitrogens is 1. The molecule has 1 aromatic carbocycles. The third kappa shape index (κ3) is 4.67. The number of aromatic amines is 1. The molecule has 0 spiro atoms. The van der Waals surface area contributed by atoms with Gasteiger partial charge in [-0.2, -0.15) is 0 Å². The molecular weight excluding hydrogens is 384 g/mol. The van der Waals surface area contributed by atoms with E-state index in [0.717, 1.165) is 54.5 Å². The van der Waals surface area contributed by atoms with E-state index >= 15 is 0 Å². The maximum Gasteiger partial charge on any atom is 0.230 e. The Balaban J connectivity index is 1.29. The van der Waals surface area contributed by atoms with Gasteiger partial charge >= 0.3 is 0 Å². The van der Waals surface area contributed by atoms with Crippen LogP contribution in [-0.4, -0.2) is 45.5 Å². The lowest BCUT2D eigenvalue weighted by Crippen LogP contribution is -2.27. The van der Waals surface area contributed by atoms with Crippen molar-refractivity contribution in [3.05, 3.63) is 47.4 Å². The van der Waals surface area contributed by atoms with E-state index in [1.54, 1.807) is 0 Å². The van der Waals surface area contributed by atoms with Crippen LogP contribution in [0.25, 0.3) is 10.9 Å². The molecule has 1 aliphatic rings. The first-order valence-corrected chi connectivity index (χ1v) is 11.2. The van der Waals surface area contributed by atoms with E-state index in [2.05, 4.69) is 38.9 Å². The van der Waals surface area contributed by atoms with Crippen LogP contribution in [-0.2, 0) is 22.5 Å². The van der Waals surface area contributed by atoms with Gasteiger partial charge in [-0.05, 0) is 44.7 Å². The summed E-state index contributed by atoms with van der Waals surface area (Å²) < 4.78 is 7.98. The maximum absolute atomic E-state index is 12.4. The minimum atomic E-state index is 0.0387. The molecule has 0 saturated carbocycles. The van der Waals surface area contributed by atoms with Crippen molar-refractivity contribution in [1.29, 1.82) is 0 Å². The van der Waals surface area contributed by atoms with Crippen LogP contribution in [0.1, 0.15) is 29.8 Å². The Bertz CT molecular complexity index is 988. The van der Waals surface area contributed by atoms with Crippen molar-refractivity contribution >= 4 is 28.6 Å². The second kappa shape index (κ2) is 9.05. The molecule has 0 bridgehead atoms. The molecule has 1 aliphatic heterocycles. The largest absolute Gasteiger partial charge is 0.376 e. The van der Waals surface area contributed by atoms with Crippen LogP contribution in [0.2, 0.25) is 0 Å². The molecule has 3 aromatic rings. The van der Waals surface area contributed by atoms with Gasteiger partial charge in [0.15, 0.2) is 5.16 Å². The van der Waals surface area contributed by atoms with Gasteiger partial charge in [0, 0.05) is 35.9 Å². The average Bonchev–Trinajstić information content (AvgIpc) is 3.44. The second-order valence-electron chi connectivity index (χ2n) is 7.56. The number of fused-ring (bicyclic) bond motifs is 1. The SMILES string of the molecule is Cc1nc(SCC(=O)NCCc2c[nH]c3ccccc23)n(CC2CCCO2)c1C. The average molecular weight is 413 g/mol. The lowest BCUT2D eigenvalue weighted by atomic mass is 10.1. The molecule has 0 aliphatic carbocycles. The van der Waals surface area contributed by atoms with Crippen LogP contribution in [0.15, 0.2) is 35.6 Å². The van der Waals surface area contributed by atoms with Crippen LogP contribution in [0.5, 0.6) is 0 Å². The van der Waals surface area contributed by atoms with Gasteiger partial charge in [-0.15, -0.1) is 0 Å². The Morgan fingerprint density at radius 2 is 2.24 bits per heavy atom. The zero-order valence-corrected chi connectivity index (χ0v) is 17.8. The molecule has 2 N–H and O–H groups in total. The predicted molar refractivity (Wildman–Crippen MR) is 116 cm³/mol. The summed E-state index contributed by atoms with van der Waals surface area (Å²) in [6, 6.07) is 8.24. The van der Waals surface area contributed by atoms with Gasteiger partial charge in [-0.3, -0.25) is 4.79 Å². The van der Waals surface area contributed by atoms with Gasteiger partial charge in [0.2, 0.25) is 5.91 Å². The fraction of sp³-hybridized carbons (Fsp3) is 0.455. The van der Waals surface area contributed by atoms with Gasteiger partial charge in [0.25, 0.3) is 0 Å². The molecular formula is C22H28N4O2S. The van der Waals surface area contributed by atoms with Crippen LogP contribution in [0.3, 0.4) is 0 Å². The van der Waals surface area contributed by atoms with Crippen molar-refractivity contribution in [2.75, 3.05) is 18.9 Å². The summed E-state index contributed by atoms with van der Waals surface area (Å²) in [5.74, 6) is 0.409. The summed E-state index contributed by atoms with van der Waals surface area (Å²) in [5.41, 5.74) is 4.54. The number of imidazole rings is 1. The number of amides is 1. The number of aromatic nitrogens is 3. The molecule has 1 unspecified atom stereocenters. The topological polar surface area (TPSA) is 71.9 Å². The quantitative estimate of drug-likeness (QED) is 0.555. The molecule has 2 aromatic heterocycles. The highest BCUT2D eigenvalue weighted by atomic mass is 32.2. The first-order valence-electron chi connectivity index (χ1n) is 10.2. The van der Waals surface area contributed by atoms with Crippen LogP contribution in [0, 0.1) is 13.8 Å². The summed E-state index contributed by atoms with van der Waals surface area (Å²) >= 11 is 1.50. The van der Waals surface area contributed by atoms with Crippen molar-refractivity contribution in [2.24, 2.45) is 0 Å². The number of para-hydroxylation sites is 1. The Hall–Kier alpha value is -2.25. The standard InChI is InChI=1S/C22H28N4O2S/c1-15-16(2)26(13-18-6-5-11-28-18)22(25-15)29-14-21(27)23-10-9-17-12-24-20-8-4-3-7-19(17)20/h3-4,7-8,12,18,24H,5-6,9-11,13-14H2,1-2H3,(H,23,27). The summed E-state index contributed by atoms with van der Waals surface area (Å²) in [6.07, 6.45) is 5.31. The third-order valence-electron chi connectivity index (χ3n) is 5.56. The zero-order chi connectivity index (χ0) is 20.2. The molecule has 1 saturated heterocycles. The highest BCUT2D eigenvalue weighted by Crippen LogP contribution is 2.24. The predicted octanol–water partition coefficient (Wildman–Crippen LogP) is 3.61. The monoisotopic (exact) mass is 412 g/mol. The van der Waals surface area contributed by atoms with E-state index in [9.17, 15) is 4.79 Å². The smallest absolute Gasteiger partial charge is 0.230 e. The van der Waals surface area contributed by atoms with Crippen molar-refractivity contribution < 1.29 is 9.53 Å². The molecule has 4 rings (SSSR count). The minimum absolute atomic E-state index is 0.0387. The maximum atomic E-state index is 12.4. The Labute approximate surface area is 175 Å². The molecule has 0 radical (unpaired) electrons. The van der Waals surface area contributed by atoms with E-state index < -0.39 is 0 Å². The van der Waals surface area contributed by atoms with Gasteiger partial charge in [0.05, 0.1) is 24.1 Å². The van der Waals surface area contributed by atoms with E-state index in [-0.39, 0.29) is 12.0 Å². The normalized spacial score (nSPS) is 16.6. The van der Waals surface area contributed by atoms with Gasteiger partial charge in [-0.25, -0.2) is 4.98 Å². The van der Waals surface area contributed by atoms with Crippen molar-refractivity contribution in [1.82, 2.24) is 19.9 Å². The first kappa shape index (κ1) is 20.0. The van der Waals surface area contributed by atoms with Crippen LogP contribution in [0.4, 0.5) is 0 Å². The molecule has 3 heterocycles. The summed E-state index contributed by atoms with van der Waals surface area (Å²) in [4.78, 5) is 20.3. The number of rotatable bonds is 8. The number of hydrogen-bond acceptors (Lipinski definition) is 4. The zero-order valence-electron chi connectivity index (χ0n) is 17.0. The number of carbonyl (C=O) groups is 1. The third-order valence-corrected chi connectivity index (χ3v) is 6.53. The summed E-state index contributed by atoms with van der Waals surface area (Å²) in [7, 11) is 0. The van der Waals surface area contributed by atoms with Crippen LogP contribution >= 0.6 is 11.8 Å². The molecule has 6 nitrogen and oxygen atoms in total. The van der Waals surface area contributed by atoms with E-state index in [0.29, 0.717) is 12.3 Å². The number of nitrogens with zero attached hydrogens (tertiary/aromatic N) is 2. The second-order valence-corrected chi connectivity index (χ2v) is 8.50. The highest BCUT2D eigenvalue weighted by Gasteiger charge is 2.20. The lowest BCUT2D eigenvalue weighted by Gasteiger charge is -2.14. The molecule has 1 fully saturated rings. The number of ether oxygens (including phenoxy) is 1. The number of benzene rings is 1. The number of nitrogens with one attached hydrogen (secondary N) is 2. The number of hydrogen-bond donors (Lipinski definition) is 2. The first-order chi connectivity index (χ1) is 14.1. The number of aryl methyl sites for hydroxylation is 1. The molecule has 154 valence electrons. The number of carbonyl (C=O) groups excluding carboxylic acids is 1. The Morgan fingerprint density at radius 1 is 1.38 bits per heavy atom. The van der Waals surface area contributed by atoms with E-state index in [1.807, 2.05) is 25.3 Å². The molecule has 1 amide bonds. The molecule has 29 heavy (non-hydrogen) atoms. The van der Waals surface area contributed by atoms with Gasteiger partial charge < -0.3 is 19.6 Å². The number of thioether (sulfide) groups is 1. The minimum Gasteiger partial charge on any atom is -0.376 e. The van der Waals surface area contributed by atoms with E-state index in [1.165, 1.54) is 22.7 Å². The van der Waals surface area contributed by atoms with Crippen molar-refractivity contribution in [3.8, 4) is 0 Å². The van der Waals surface area contributed by atoms with E-state index in [4.69, 9.17) is 4.74 Å². The van der Waals surface area contributed by atoms with Crippen molar-refractivity contribution in [2.45, 2.75) is 50.9 Å². The highest BCUT2D eigenvalue weighted by molar-refractivity contribution is 7.99. The fourth-order valence-electron chi connectivity index (χ4n) is 3.80. The summed E-state index contributed by atoms with van der Waals surface area (Å²) in [5, 5.41) is 5.16. The van der Waals surface area contributed by atoms with Crippen molar-refractivity contribution in [3.63, 3.8) is 0 Å². The summed E-state index contributed by atoms with van der Waals surface area (Å²) in [6.45, 7) is 6.40. The molecule has 1 atom stereocenters. The Morgan fingerprint density at radius 3 is 3.07 bits per heavy atom. The van der Waals surface area contributed by atoms with Crippen LogP contribution < -0.4 is 5.32 Å². The molecule has 7 heteroatoms. The fourth-order valence-corrected chi connectivity index (χ4v) is 4.73. The van der Waals surface area contributed by atoms with Gasteiger partial charge in [-0.1, -0.05) is 30.0 Å².